The minimum absolute atomic E-state index is 0.00516. The van der Waals surface area contributed by atoms with Gasteiger partial charge in [0.2, 0.25) is 17.7 Å². The Kier molecular flexibility index (Phi) is 17.2. The van der Waals surface area contributed by atoms with Crippen molar-refractivity contribution in [3.05, 3.63) is 82.6 Å². The smallest absolute Gasteiger partial charge is 0.319 e. The highest BCUT2D eigenvalue weighted by Crippen LogP contribution is 2.42. The summed E-state index contributed by atoms with van der Waals surface area (Å²) in [6, 6.07) is 10.1. The molecular formula is C63H72F3N11O7S. The van der Waals surface area contributed by atoms with Crippen molar-refractivity contribution in [3.8, 4) is 51.6 Å². The highest BCUT2D eigenvalue weighted by atomic mass is 32.1. The van der Waals surface area contributed by atoms with E-state index in [1.54, 1.807) is 5.51 Å². The number of aryl methyl sites for hydroxylation is 1. The standard InChI is InChI=1S/C63H72F3N11O7S/c1-6-44-47(64)18-15-38-29-43(78)31-45(51(38)44)53-52(65)54-46(33-67-53)57(76-34-41-16-17-42(35-76)70-41)73-61(71-54)84-28-26-74-22-24-75(25-23-74)50(79)12-8-7-9-27-83-49-30-39(55-37(2)69-36-85-55)13-14-40(49)32-68-58(80)48-11-10-21-77(48)59(81)56(62(3,4)5)72-60(82)63(66)19-20-63/h1,13-15,18,29-31,33,36,41-42,48,56,70,78H,7-12,16-17,19-28,32,34-35H2,2-5H3,(H,68,80)(H,72,82)/t41?,42?,48-,56+/m0/s1. The summed E-state index contributed by atoms with van der Waals surface area (Å²) in [5, 5.41) is 21.1. The number of anilines is 1. The normalized spacial score (nSPS) is 19.7. The number of alkyl halides is 1. The molecular weight excluding hydrogens is 1110 g/mol. The molecule has 18 nitrogen and oxygen atoms in total. The molecule has 6 aromatic rings. The van der Waals surface area contributed by atoms with Gasteiger partial charge in [0.1, 0.15) is 53.0 Å². The lowest BCUT2D eigenvalue weighted by molar-refractivity contribution is -0.144. The van der Waals surface area contributed by atoms with Crippen LogP contribution in [0.15, 0.2) is 54.2 Å². The number of carbonyl (C=O) groups excluding carboxylic acids is 4. The van der Waals surface area contributed by atoms with Crippen LogP contribution in [0.4, 0.5) is 19.0 Å². The van der Waals surface area contributed by atoms with Crippen molar-refractivity contribution in [1.29, 1.82) is 0 Å². The van der Waals surface area contributed by atoms with Crippen molar-refractivity contribution in [1.82, 2.24) is 50.6 Å². The maximum Gasteiger partial charge on any atom is 0.319 e. The van der Waals surface area contributed by atoms with Crippen LogP contribution in [0.3, 0.4) is 0 Å². The molecule has 4 aliphatic heterocycles. The molecule has 22 heteroatoms. The molecule has 3 aromatic heterocycles. The zero-order valence-electron chi connectivity index (χ0n) is 48.4. The number of pyridine rings is 1. The van der Waals surface area contributed by atoms with Crippen LogP contribution in [-0.4, -0.2) is 159 Å². The average molecular weight is 1180 g/mol. The van der Waals surface area contributed by atoms with Crippen LogP contribution in [0, 0.1) is 36.3 Å². The zero-order chi connectivity index (χ0) is 59.7. The number of amides is 4. The van der Waals surface area contributed by atoms with E-state index in [1.807, 2.05) is 50.8 Å². The van der Waals surface area contributed by atoms with Gasteiger partial charge in [0.15, 0.2) is 11.5 Å². The van der Waals surface area contributed by atoms with Gasteiger partial charge < -0.3 is 45.2 Å². The van der Waals surface area contributed by atoms with Crippen molar-refractivity contribution in [2.75, 3.05) is 70.5 Å². The summed E-state index contributed by atoms with van der Waals surface area (Å²) in [5.74, 6) is 0.469. The molecule has 1 saturated carbocycles. The van der Waals surface area contributed by atoms with Gasteiger partial charge in [-0.15, -0.1) is 17.8 Å². The number of nitrogens with one attached hydrogen (secondary N) is 3. The molecule has 2 unspecified atom stereocenters. The van der Waals surface area contributed by atoms with Gasteiger partial charge in [0.05, 0.1) is 33.6 Å². The van der Waals surface area contributed by atoms with E-state index in [0.717, 1.165) is 41.0 Å². The van der Waals surface area contributed by atoms with Gasteiger partial charge in [-0.25, -0.2) is 18.2 Å². The van der Waals surface area contributed by atoms with Gasteiger partial charge in [0, 0.05) is 100 Å². The third-order valence-electron chi connectivity index (χ3n) is 17.1. The maximum absolute atomic E-state index is 17.1. The quantitative estimate of drug-likeness (QED) is 0.0423. The Labute approximate surface area is 496 Å². The number of hydrogen-bond donors (Lipinski definition) is 4. The van der Waals surface area contributed by atoms with E-state index >= 15 is 8.78 Å². The molecule has 4 atom stereocenters. The predicted octanol–water partition coefficient (Wildman–Crippen LogP) is 7.99. The van der Waals surface area contributed by atoms with Gasteiger partial charge in [-0.05, 0) is 105 Å². The number of likely N-dealkylation sites (tertiary alicyclic amines) is 1. The number of fused-ring (bicyclic) bond motifs is 4. The molecule has 448 valence electrons. The van der Waals surface area contributed by atoms with Crippen LogP contribution in [0.2, 0.25) is 0 Å². The van der Waals surface area contributed by atoms with E-state index in [9.17, 15) is 28.7 Å². The number of hydrogen-bond acceptors (Lipinski definition) is 15. The SMILES string of the molecule is C#Cc1c(F)ccc2cc(O)cc(-c3ncc4c(N5CC6CCC(C5)N6)nc(OCCN5CCN(C(=O)CCCCCOc6cc(-c7scnc7C)ccc6CNC(=O)[C@@H]6CCCN6C(=O)[C@@H](NC(=O)C6(F)CC6)C(C)(C)C)CC5)nc4c3F)c12. The molecule has 7 heterocycles. The first-order valence-corrected chi connectivity index (χ1v) is 30.4. The highest BCUT2D eigenvalue weighted by Gasteiger charge is 2.53. The summed E-state index contributed by atoms with van der Waals surface area (Å²) in [5.41, 5.74) is 1.59. The number of phenolic OH excluding ortho intramolecular Hbond substituents is 1. The van der Waals surface area contributed by atoms with E-state index in [0.29, 0.717) is 113 Å². The van der Waals surface area contributed by atoms with Crippen LogP contribution in [-0.2, 0) is 25.7 Å². The Hall–Kier alpha value is -7.61. The van der Waals surface area contributed by atoms with Crippen molar-refractivity contribution in [2.24, 2.45) is 5.41 Å². The largest absolute Gasteiger partial charge is 0.508 e. The van der Waals surface area contributed by atoms with Crippen molar-refractivity contribution in [3.63, 3.8) is 0 Å². The Bertz CT molecular complexity index is 3570. The van der Waals surface area contributed by atoms with E-state index in [1.165, 1.54) is 46.7 Å². The molecule has 4 amide bonds. The van der Waals surface area contributed by atoms with Crippen LogP contribution < -0.4 is 30.3 Å². The van der Waals surface area contributed by atoms with Crippen LogP contribution in [0.25, 0.3) is 43.4 Å². The predicted molar refractivity (Wildman–Crippen MR) is 318 cm³/mol. The lowest BCUT2D eigenvalue weighted by atomic mass is 9.85. The van der Waals surface area contributed by atoms with E-state index in [-0.39, 0.29) is 89.4 Å². The summed E-state index contributed by atoms with van der Waals surface area (Å²) in [4.78, 5) is 81.2. The van der Waals surface area contributed by atoms with Gasteiger partial charge >= 0.3 is 6.01 Å². The Morgan fingerprint density at radius 1 is 0.941 bits per heavy atom. The number of carbonyl (C=O) groups is 4. The van der Waals surface area contributed by atoms with Crippen LogP contribution in [0.1, 0.15) is 102 Å². The monoisotopic (exact) mass is 1180 g/mol. The number of benzene rings is 3. The topological polar surface area (TPSA) is 208 Å². The minimum Gasteiger partial charge on any atom is -0.508 e. The Morgan fingerprint density at radius 3 is 2.44 bits per heavy atom. The molecule has 3 aromatic carbocycles. The first kappa shape index (κ1) is 59.1. The van der Waals surface area contributed by atoms with Crippen molar-refractivity contribution >= 4 is 62.5 Å². The lowest BCUT2D eigenvalue weighted by Crippen LogP contribution is -2.58. The highest BCUT2D eigenvalue weighted by molar-refractivity contribution is 7.13. The summed E-state index contributed by atoms with van der Waals surface area (Å²) >= 11 is 1.53. The number of phenols is 1. The number of piperazine rings is 2. The van der Waals surface area contributed by atoms with Crippen molar-refractivity contribution < 1.29 is 46.9 Å². The summed E-state index contributed by atoms with van der Waals surface area (Å²) in [6.07, 6.45) is 13.2. The number of aromatic hydroxyl groups is 1. The number of thiazole rings is 1. The molecule has 1 aliphatic carbocycles. The molecule has 11 rings (SSSR count). The average Bonchev–Trinajstić information content (AvgIpc) is 2.64. The number of nitrogens with zero attached hydrogens (tertiary/aromatic N) is 8. The van der Waals surface area contributed by atoms with Gasteiger partial charge in [-0.1, -0.05) is 44.9 Å². The van der Waals surface area contributed by atoms with Crippen LogP contribution >= 0.6 is 11.3 Å². The second-order valence-corrected chi connectivity index (χ2v) is 25.0. The fraction of sp³-hybridized carbons (Fsp3) is 0.492. The third kappa shape index (κ3) is 12.8. The number of aromatic nitrogens is 4. The number of terminal acetylenes is 1. The lowest BCUT2D eigenvalue weighted by Gasteiger charge is -2.35. The molecule has 85 heavy (non-hydrogen) atoms. The Morgan fingerprint density at radius 2 is 1.72 bits per heavy atom. The molecule has 0 radical (unpaired) electrons. The summed E-state index contributed by atoms with van der Waals surface area (Å²) in [6.45, 7) is 12.7. The maximum atomic E-state index is 17.1. The molecule has 5 fully saturated rings. The minimum atomic E-state index is -1.94. The second-order valence-electron chi connectivity index (χ2n) is 24.2. The number of ether oxygens (including phenoxy) is 2. The van der Waals surface area contributed by atoms with Crippen LogP contribution in [0.5, 0.6) is 17.5 Å². The van der Waals surface area contributed by atoms with E-state index < -0.39 is 46.6 Å². The van der Waals surface area contributed by atoms with Gasteiger partial charge in [-0.2, -0.15) is 9.97 Å². The fourth-order valence-electron chi connectivity index (χ4n) is 12.2. The number of rotatable bonds is 20. The fourth-order valence-corrected chi connectivity index (χ4v) is 13.0. The molecule has 4 N–H and O–H groups in total. The first-order chi connectivity index (χ1) is 40.8. The second kappa shape index (κ2) is 24.8. The van der Waals surface area contributed by atoms with E-state index in [2.05, 4.69) is 46.6 Å². The van der Waals surface area contributed by atoms with Gasteiger partial charge in [0.25, 0.3) is 5.91 Å². The number of halogens is 3. The van der Waals surface area contributed by atoms with Crippen molar-refractivity contribution in [2.45, 2.75) is 128 Å². The van der Waals surface area contributed by atoms with E-state index in [4.69, 9.17) is 20.9 Å². The molecule has 4 saturated heterocycles. The number of unbranched alkanes of at least 4 members (excludes halogenated alkanes) is 2. The summed E-state index contributed by atoms with van der Waals surface area (Å²) in [7, 11) is 0. The molecule has 2 bridgehead atoms. The zero-order valence-corrected chi connectivity index (χ0v) is 49.3. The molecule has 0 spiro atoms. The van der Waals surface area contributed by atoms with Gasteiger partial charge in [-0.3, -0.25) is 29.1 Å². The Balaban J connectivity index is 0.667. The first-order valence-electron chi connectivity index (χ1n) is 29.5. The third-order valence-corrected chi connectivity index (χ3v) is 18.1. The summed E-state index contributed by atoms with van der Waals surface area (Å²) < 4.78 is 59.4. The molecule has 5 aliphatic rings.